The maximum atomic E-state index is 11.5. The van der Waals surface area contributed by atoms with Gasteiger partial charge in [0.15, 0.2) is 0 Å². The lowest BCUT2D eigenvalue weighted by Crippen LogP contribution is -2.35. The van der Waals surface area contributed by atoms with E-state index in [0.717, 1.165) is 17.5 Å². The molecule has 0 fully saturated rings. The summed E-state index contributed by atoms with van der Waals surface area (Å²) in [7, 11) is 0. The van der Waals surface area contributed by atoms with Crippen LogP contribution in [0.4, 0.5) is 5.69 Å². The summed E-state index contributed by atoms with van der Waals surface area (Å²) in [6.07, 6.45) is 0.808. The molecular formula is C13H18N2O2. The quantitative estimate of drug-likeness (QED) is 0.783. The van der Waals surface area contributed by atoms with Gasteiger partial charge in [0.1, 0.15) is 0 Å². The van der Waals surface area contributed by atoms with Crippen molar-refractivity contribution in [3.05, 3.63) is 29.3 Å². The average Bonchev–Trinajstić information content (AvgIpc) is 2.30. The highest BCUT2D eigenvalue weighted by atomic mass is 16.2. The van der Waals surface area contributed by atoms with Gasteiger partial charge in [-0.2, -0.15) is 0 Å². The van der Waals surface area contributed by atoms with Gasteiger partial charge in [-0.05, 0) is 43.5 Å². The Bertz CT molecular complexity index is 427. The summed E-state index contributed by atoms with van der Waals surface area (Å²) in [6, 6.07) is 5.54. The highest BCUT2D eigenvalue weighted by Crippen LogP contribution is 2.13. The summed E-state index contributed by atoms with van der Waals surface area (Å²) in [5.74, 6) is -1.22. The van der Waals surface area contributed by atoms with Crippen molar-refractivity contribution in [3.63, 3.8) is 0 Å². The van der Waals surface area contributed by atoms with Gasteiger partial charge < -0.3 is 10.6 Å². The van der Waals surface area contributed by atoms with Crippen molar-refractivity contribution < 1.29 is 9.59 Å². The molecule has 0 bridgehead atoms. The van der Waals surface area contributed by atoms with Gasteiger partial charge in [0.25, 0.3) is 0 Å². The highest BCUT2D eigenvalue weighted by Gasteiger charge is 2.12. The van der Waals surface area contributed by atoms with E-state index in [1.54, 1.807) is 6.07 Å². The summed E-state index contributed by atoms with van der Waals surface area (Å²) >= 11 is 0. The van der Waals surface area contributed by atoms with Crippen molar-refractivity contribution in [1.29, 1.82) is 0 Å². The van der Waals surface area contributed by atoms with Crippen molar-refractivity contribution in [3.8, 4) is 0 Å². The molecule has 0 unspecified atom stereocenters. The minimum absolute atomic E-state index is 0.513. The largest absolute Gasteiger partial charge is 0.348 e. The second kappa shape index (κ2) is 6.03. The number of hydrogen-bond donors (Lipinski definition) is 2. The molecular weight excluding hydrogens is 216 g/mol. The zero-order valence-corrected chi connectivity index (χ0v) is 10.5. The van der Waals surface area contributed by atoms with Crippen molar-refractivity contribution in [2.24, 2.45) is 0 Å². The van der Waals surface area contributed by atoms with Crippen LogP contribution in [-0.2, 0) is 9.59 Å². The van der Waals surface area contributed by atoms with E-state index in [4.69, 9.17) is 0 Å². The number of benzene rings is 1. The standard InChI is InChI=1S/C13H18N2O2/c1-4-7-14-12(16)13(17)15-11-6-5-9(2)10(3)8-11/h5-6,8H,4,7H2,1-3H3,(H,14,16)(H,15,17). The maximum Gasteiger partial charge on any atom is 0.313 e. The van der Waals surface area contributed by atoms with Crippen LogP contribution in [0, 0.1) is 13.8 Å². The Kier molecular flexibility index (Phi) is 4.69. The van der Waals surface area contributed by atoms with E-state index in [-0.39, 0.29) is 0 Å². The van der Waals surface area contributed by atoms with Gasteiger partial charge in [0, 0.05) is 12.2 Å². The van der Waals surface area contributed by atoms with E-state index in [0.29, 0.717) is 12.2 Å². The SMILES string of the molecule is CCCNC(=O)C(=O)Nc1ccc(C)c(C)c1. The Morgan fingerprint density at radius 1 is 1.12 bits per heavy atom. The van der Waals surface area contributed by atoms with E-state index in [2.05, 4.69) is 10.6 Å². The first-order chi connectivity index (χ1) is 8.04. The first-order valence-electron chi connectivity index (χ1n) is 5.71. The molecule has 0 radical (unpaired) electrons. The van der Waals surface area contributed by atoms with Gasteiger partial charge in [0.2, 0.25) is 0 Å². The summed E-state index contributed by atoms with van der Waals surface area (Å²) in [6.45, 7) is 6.40. The third kappa shape index (κ3) is 3.90. The molecule has 0 atom stereocenters. The fraction of sp³-hybridized carbons (Fsp3) is 0.385. The molecule has 1 rings (SSSR count). The van der Waals surface area contributed by atoms with E-state index < -0.39 is 11.8 Å². The number of anilines is 1. The molecule has 0 spiro atoms. The molecule has 1 aromatic carbocycles. The topological polar surface area (TPSA) is 58.2 Å². The Labute approximate surface area is 101 Å². The third-order valence-corrected chi connectivity index (χ3v) is 2.51. The fourth-order valence-corrected chi connectivity index (χ4v) is 1.33. The summed E-state index contributed by atoms with van der Waals surface area (Å²) in [5, 5.41) is 5.10. The first kappa shape index (κ1) is 13.2. The Morgan fingerprint density at radius 2 is 1.82 bits per heavy atom. The second-order valence-corrected chi connectivity index (χ2v) is 4.01. The molecule has 1 aromatic rings. The van der Waals surface area contributed by atoms with Crippen LogP contribution in [0.15, 0.2) is 18.2 Å². The fourth-order valence-electron chi connectivity index (χ4n) is 1.33. The molecule has 0 heterocycles. The molecule has 0 saturated carbocycles. The summed E-state index contributed by atoms with van der Waals surface area (Å²) in [4.78, 5) is 22.8. The van der Waals surface area contributed by atoms with Gasteiger partial charge >= 0.3 is 11.8 Å². The predicted molar refractivity (Wildman–Crippen MR) is 67.8 cm³/mol. The van der Waals surface area contributed by atoms with Gasteiger partial charge in [-0.15, -0.1) is 0 Å². The predicted octanol–water partition coefficient (Wildman–Crippen LogP) is 1.77. The van der Waals surface area contributed by atoms with Crippen LogP contribution in [0.5, 0.6) is 0 Å². The Balaban J connectivity index is 2.61. The summed E-state index contributed by atoms with van der Waals surface area (Å²) in [5.41, 5.74) is 2.87. The van der Waals surface area contributed by atoms with Crippen LogP contribution in [0.3, 0.4) is 0 Å². The molecule has 2 amide bonds. The van der Waals surface area contributed by atoms with Gasteiger partial charge in [-0.25, -0.2) is 0 Å². The normalized spacial score (nSPS) is 9.82. The molecule has 0 aliphatic heterocycles. The second-order valence-electron chi connectivity index (χ2n) is 4.01. The number of nitrogens with one attached hydrogen (secondary N) is 2. The number of amides is 2. The maximum absolute atomic E-state index is 11.5. The number of carbonyl (C=O) groups is 2. The third-order valence-electron chi connectivity index (χ3n) is 2.51. The van der Waals surface area contributed by atoms with E-state index in [9.17, 15) is 9.59 Å². The lowest BCUT2D eigenvalue weighted by molar-refractivity contribution is -0.136. The lowest BCUT2D eigenvalue weighted by atomic mass is 10.1. The first-order valence-corrected chi connectivity index (χ1v) is 5.71. The molecule has 4 heteroatoms. The molecule has 0 aliphatic rings. The minimum Gasteiger partial charge on any atom is -0.348 e. The number of carbonyl (C=O) groups excluding carboxylic acids is 2. The molecule has 0 aliphatic carbocycles. The lowest BCUT2D eigenvalue weighted by Gasteiger charge is -2.07. The van der Waals surface area contributed by atoms with E-state index in [1.165, 1.54) is 0 Å². The molecule has 0 aromatic heterocycles. The molecule has 2 N–H and O–H groups in total. The van der Waals surface area contributed by atoms with Gasteiger partial charge in [-0.3, -0.25) is 9.59 Å². The summed E-state index contributed by atoms with van der Waals surface area (Å²) < 4.78 is 0. The van der Waals surface area contributed by atoms with E-state index >= 15 is 0 Å². The van der Waals surface area contributed by atoms with Crippen molar-refractivity contribution >= 4 is 17.5 Å². The minimum atomic E-state index is -0.623. The van der Waals surface area contributed by atoms with Gasteiger partial charge in [0.05, 0.1) is 0 Å². The Hall–Kier alpha value is -1.84. The van der Waals surface area contributed by atoms with Crippen LogP contribution in [0.25, 0.3) is 0 Å². The molecule has 4 nitrogen and oxygen atoms in total. The number of rotatable bonds is 3. The van der Waals surface area contributed by atoms with Crippen LogP contribution in [0.1, 0.15) is 24.5 Å². The van der Waals surface area contributed by atoms with Gasteiger partial charge in [-0.1, -0.05) is 13.0 Å². The molecule has 0 saturated heterocycles. The monoisotopic (exact) mass is 234 g/mol. The van der Waals surface area contributed by atoms with Crippen molar-refractivity contribution in [2.45, 2.75) is 27.2 Å². The highest BCUT2D eigenvalue weighted by molar-refractivity contribution is 6.39. The average molecular weight is 234 g/mol. The van der Waals surface area contributed by atoms with Crippen molar-refractivity contribution in [2.75, 3.05) is 11.9 Å². The molecule has 17 heavy (non-hydrogen) atoms. The van der Waals surface area contributed by atoms with Crippen molar-refractivity contribution in [1.82, 2.24) is 5.32 Å². The van der Waals surface area contributed by atoms with Crippen LogP contribution in [-0.4, -0.2) is 18.4 Å². The van der Waals surface area contributed by atoms with E-state index in [1.807, 2.05) is 32.9 Å². The number of hydrogen-bond acceptors (Lipinski definition) is 2. The van der Waals surface area contributed by atoms with Crippen LogP contribution in [0.2, 0.25) is 0 Å². The molecule has 92 valence electrons. The smallest absolute Gasteiger partial charge is 0.313 e. The Morgan fingerprint density at radius 3 is 2.41 bits per heavy atom. The van der Waals surface area contributed by atoms with Crippen LogP contribution >= 0.6 is 0 Å². The number of aryl methyl sites for hydroxylation is 2. The van der Waals surface area contributed by atoms with Crippen LogP contribution < -0.4 is 10.6 Å². The zero-order valence-electron chi connectivity index (χ0n) is 10.5. The zero-order chi connectivity index (χ0) is 12.8.